The first kappa shape index (κ1) is 19.1. The summed E-state index contributed by atoms with van der Waals surface area (Å²) >= 11 is 0. The summed E-state index contributed by atoms with van der Waals surface area (Å²) in [6.07, 6.45) is 0.969. The Labute approximate surface area is 132 Å². The van der Waals surface area contributed by atoms with Crippen LogP contribution in [0.4, 0.5) is 4.39 Å². The highest BCUT2D eigenvalue weighted by atomic mass is 35.5. The van der Waals surface area contributed by atoms with E-state index < -0.39 is 5.82 Å². The highest BCUT2D eigenvalue weighted by molar-refractivity contribution is 5.85. The Morgan fingerprint density at radius 3 is 2.55 bits per heavy atom. The summed E-state index contributed by atoms with van der Waals surface area (Å²) in [7, 11) is 0. The van der Waals surface area contributed by atoms with Crippen molar-refractivity contribution in [3.8, 4) is 6.07 Å². The van der Waals surface area contributed by atoms with Gasteiger partial charge in [0.15, 0.2) is 0 Å². The molecule has 20 heavy (non-hydrogen) atoms. The largest absolute Gasteiger partial charge is 0.314 e. The highest BCUT2D eigenvalue weighted by Crippen LogP contribution is 2.25. The fourth-order valence-electron chi connectivity index (χ4n) is 2.53. The van der Waals surface area contributed by atoms with Gasteiger partial charge in [0.25, 0.3) is 0 Å². The van der Waals surface area contributed by atoms with Crippen LogP contribution in [0.2, 0.25) is 0 Å². The Morgan fingerprint density at radius 1 is 1.35 bits per heavy atom. The third kappa shape index (κ3) is 4.32. The van der Waals surface area contributed by atoms with Gasteiger partial charge in [-0.15, -0.1) is 24.8 Å². The number of hydrogen-bond donors (Lipinski definition) is 1. The monoisotopic (exact) mass is 319 g/mol. The predicted molar refractivity (Wildman–Crippen MR) is 83.1 cm³/mol. The Morgan fingerprint density at radius 2 is 2.00 bits per heavy atom. The molecule has 1 aromatic rings. The van der Waals surface area contributed by atoms with E-state index in [0.29, 0.717) is 0 Å². The normalized spacial score (nSPS) is 16.4. The number of hydrogen-bond acceptors (Lipinski definition) is 3. The summed E-state index contributed by atoms with van der Waals surface area (Å²) in [5, 5.41) is 12.2. The molecule has 0 aromatic heterocycles. The van der Waals surface area contributed by atoms with Crippen molar-refractivity contribution in [2.45, 2.75) is 19.4 Å². The van der Waals surface area contributed by atoms with Crippen molar-refractivity contribution in [1.82, 2.24) is 10.2 Å². The zero-order valence-corrected chi connectivity index (χ0v) is 13.1. The first-order valence-electron chi connectivity index (χ1n) is 6.40. The molecular weight excluding hydrogens is 300 g/mol. The van der Waals surface area contributed by atoms with E-state index in [2.05, 4.69) is 17.1 Å². The van der Waals surface area contributed by atoms with Crippen molar-refractivity contribution in [3.05, 3.63) is 35.1 Å². The van der Waals surface area contributed by atoms with Gasteiger partial charge in [-0.2, -0.15) is 5.26 Å². The van der Waals surface area contributed by atoms with E-state index in [9.17, 15) is 4.39 Å². The van der Waals surface area contributed by atoms with Gasteiger partial charge < -0.3 is 5.32 Å². The van der Waals surface area contributed by atoms with E-state index in [1.54, 1.807) is 12.1 Å². The van der Waals surface area contributed by atoms with Crippen LogP contribution in [0.5, 0.6) is 0 Å². The maximum absolute atomic E-state index is 13.3. The van der Waals surface area contributed by atoms with E-state index in [-0.39, 0.29) is 36.4 Å². The summed E-state index contributed by atoms with van der Waals surface area (Å²) in [6.45, 7) is 6.10. The van der Waals surface area contributed by atoms with Gasteiger partial charge in [0, 0.05) is 32.2 Å². The van der Waals surface area contributed by atoms with E-state index in [4.69, 9.17) is 5.26 Å². The molecule has 6 heteroatoms. The maximum Gasteiger partial charge on any atom is 0.140 e. The van der Waals surface area contributed by atoms with Gasteiger partial charge in [-0.3, -0.25) is 4.90 Å². The molecule has 0 saturated carbocycles. The lowest BCUT2D eigenvalue weighted by atomic mass is 10.00. The topological polar surface area (TPSA) is 39.1 Å². The van der Waals surface area contributed by atoms with Crippen molar-refractivity contribution in [2.24, 2.45) is 0 Å². The first-order valence-corrected chi connectivity index (χ1v) is 6.40. The molecule has 1 aromatic carbocycles. The lowest BCUT2D eigenvalue weighted by molar-refractivity contribution is 0.169. The van der Waals surface area contributed by atoms with Crippen LogP contribution in [0.1, 0.15) is 30.5 Å². The summed E-state index contributed by atoms with van der Waals surface area (Å²) in [5.41, 5.74) is 1.18. The number of rotatable bonds is 3. The van der Waals surface area contributed by atoms with Gasteiger partial charge in [-0.25, -0.2) is 4.39 Å². The minimum atomic E-state index is -0.434. The van der Waals surface area contributed by atoms with Gasteiger partial charge >= 0.3 is 0 Å². The van der Waals surface area contributed by atoms with Crippen LogP contribution in [-0.4, -0.2) is 31.1 Å². The molecule has 3 nitrogen and oxygen atoms in total. The number of piperazine rings is 1. The second-order valence-electron chi connectivity index (χ2n) is 4.56. The minimum absolute atomic E-state index is 0. The van der Waals surface area contributed by atoms with Gasteiger partial charge in [0.2, 0.25) is 0 Å². The number of nitriles is 1. The molecule has 0 amide bonds. The second-order valence-corrected chi connectivity index (χ2v) is 4.56. The average molecular weight is 320 g/mol. The molecule has 0 radical (unpaired) electrons. The molecule has 1 aliphatic rings. The number of halogens is 3. The first-order chi connectivity index (χ1) is 8.76. The van der Waals surface area contributed by atoms with Crippen LogP contribution in [-0.2, 0) is 0 Å². The molecule has 1 N–H and O–H groups in total. The van der Waals surface area contributed by atoms with E-state index in [1.807, 2.05) is 6.07 Å². The zero-order valence-electron chi connectivity index (χ0n) is 11.4. The van der Waals surface area contributed by atoms with E-state index >= 15 is 0 Å². The second kappa shape index (κ2) is 9.15. The lowest BCUT2D eigenvalue weighted by Crippen LogP contribution is -2.45. The van der Waals surface area contributed by atoms with Gasteiger partial charge in [-0.1, -0.05) is 13.0 Å². The maximum atomic E-state index is 13.3. The van der Waals surface area contributed by atoms with Gasteiger partial charge in [-0.05, 0) is 24.1 Å². The molecule has 1 heterocycles. The molecule has 0 aliphatic carbocycles. The lowest BCUT2D eigenvalue weighted by Gasteiger charge is -2.34. The van der Waals surface area contributed by atoms with Crippen molar-refractivity contribution >= 4 is 24.8 Å². The fraction of sp³-hybridized carbons (Fsp3) is 0.500. The van der Waals surface area contributed by atoms with Crippen LogP contribution >= 0.6 is 24.8 Å². The Balaban J connectivity index is 0.00000180. The minimum Gasteiger partial charge on any atom is -0.314 e. The molecule has 1 saturated heterocycles. The summed E-state index contributed by atoms with van der Waals surface area (Å²) in [4.78, 5) is 2.39. The molecule has 0 bridgehead atoms. The van der Waals surface area contributed by atoms with Crippen LogP contribution in [0, 0.1) is 17.1 Å². The quantitative estimate of drug-likeness (QED) is 0.931. The number of nitrogens with one attached hydrogen (secondary N) is 1. The molecule has 1 fully saturated rings. The third-order valence-corrected chi connectivity index (χ3v) is 3.47. The molecule has 112 valence electrons. The summed E-state index contributed by atoms with van der Waals surface area (Å²) < 4.78 is 13.3. The van der Waals surface area contributed by atoms with Crippen molar-refractivity contribution in [1.29, 1.82) is 5.26 Å². The SMILES string of the molecule is CC[C@H](c1ccc(F)c(C#N)c1)N1CCNCC1.Cl.Cl. The van der Waals surface area contributed by atoms with Crippen LogP contribution in [0.25, 0.3) is 0 Å². The van der Waals surface area contributed by atoms with Gasteiger partial charge in [0.1, 0.15) is 11.9 Å². The molecule has 0 unspecified atom stereocenters. The number of benzene rings is 1. The van der Waals surface area contributed by atoms with E-state index in [1.165, 1.54) is 6.07 Å². The van der Waals surface area contributed by atoms with Crippen LogP contribution < -0.4 is 5.32 Å². The third-order valence-electron chi connectivity index (χ3n) is 3.47. The van der Waals surface area contributed by atoms with Gasteiger partial charge in [0.05, 0.1) is 5.56 Å². The molecular formula is C14H20Cl2FN3. The Bertz CT molecular complexity index is 456. The predicted octanol–water partition coefficient (Wildman–Crippen LogP) is 2.90. The number of nitrogens with zero attached hydrogens (tertiary/aromatic N) is 2. The van der Waals surface area contributed by atoms with E-state index in [0.717, 1.165) is 38.2 Å². The van der Waals surface area contributed by atoms with Crippen molar-refractivity contribution in [3.63, 3.8) is 0 Å². The summed E-state index contributed by atoms with van der Waals surface area (Å²) in [6, 6.07) is 7.07. The fourth-order valence-corrected chi connectivity index (χ4v) is 2.53. The molecule has 1 aliphatic heterocycles. The smallest absolute Gasteiger partial charge is 0.140 e. The molecule has 2 rings (SSSR count). The average Bonchev–Trinajstić information content (AvgIpc) is 2.42. The van der Waals surface area contributed by atoms with Crippen LogP contribution in [0.3, 0.4) is 0 Å². The molecule has 0 spiro atoms. The molecule has 1 atom stereocenters. The van der Waals surface area contributed by atoms with Crippen molar-refractivity contribution in [2.75, 3.05) is 26.2 Å². The Hall–Kier alpha value is -0.860. The zero-order chi connectivity index (χ0) is 13.0. The highest BCUT2D eigenvalue weighted by Gasteiger charge is 2.21. The van der Waals surface area contributed by atoms with Crippen molar-refractivity contribution < 1.29 is 4.39 Å². The summed E-state index contributed by atoms with van der Waals surface area (Å²) in [5.74, 6) is -0.434. The van der Waals surface area contributed by atoms with Crippen LogP contribution in [0.15, 0.2) is 18.2 Å². The Kier molecular flexibility index (Phi) is 8.75. The standard InChI is InChI=1S/C14H18FN3.2ClH/c1-2-14(18-7-5-17-6-8-18)11-3-4-13(15)12(9-11)10-16;;/h3-4,9,14,17H,2,5-8H2,1H3;2*1H/t14-;;/m1../s1.